The zero-order valence-electron chi connectivity index (χ0n) is 34.5. The third-order valence-electron chi connectivity index (χ3n) is 16.1. The van der Waals surface area contributed by atoms with Crippen molar-refractivity contribution in [2.24, 2.45) is 23.7 Å². The first kappa shape index (κ1) is 34.7. The normalized spacial score (nSPS) is 23.4. The molecule has 0 amide bonds. The van der Waals surface area contributed by atoms with E-state index in [-0.39, 0.29) is 10.8 Å². The third kappa shape index (κ3) is 4.75. The van der Waals surface area contributed by atoms with Crippen molar-refractivity contribution in [3.63, 3.8) is 0 Å². The average molecular weight is 772 g/mol. The standard InChI is InChI=1S/C59H49N/c1-58(2)54-19-7-5-14-50(54)52-30-29-46(36-56(52)58)60(44-25-21-40(22-26-44)48-16-9-12-39-11-3-4-13-47(39)48)45-27-23-41(24-28-45)49-17-10-18-53-51-15-6-8-20-55(51)59(57(49)53)42-32-37-31-38(34-42)35-43(59)33-37/h3-30,36-38,42-43H,31-35H2,1-2H3. The van der Waals surface area contributed by atoms with Gasteiger partial charge in [0.15, 0.2) is 0 Å². The third-order valence-corrected chi connectivity index (χ3v) is 16.1. The highest BCUT2D eigenvalue weighted by Gasteiger charge is 2.62. The molecular weight excluding hydrogens is 723 g/mol. The van der Waals surface area contributed by atoms with Gasteiger partial charge < -0.3 is 4.90 Å². The Labute approximate surface area is 354 Å². The molecule has 4 saturated carbocycles. The minimum Gasteiger partial charge on any atom is -0.310 e. The molecule has 4 bridgehead atoms. The summed E-state index contributed by atoms with van der Waals surface area (Å²) in [6.45, 7) is 4.76. The Morgan fingerprint density at radius 3 is 1.62 bits per heavy atom. The van der Waals surface area contributed by atoms with Crippen molar-refractivity contribution in [2.45, 2.75) is 56.8 Å². The van der Waals surface area contributed by atoms with Crippen molar-refractivity contribution in [3.05, 3.63) is 198 Å². The van der Waals surface area contributed by atoms with Gasteiger partial charge in [0.1, 0.15) is 0 Å². The van der Waals surface area contributed by atoms with E-state index in [4.69, 9.17) is 0 Å². The molecule has 6 aliphatic rings. The second-order valence-electron chi connectivity index (χ2n) is 19.3. The van der Waals surface area contributed by atoms with Gasteiger partial charge in [0.2, 0.25) is 0 Å². The van der Waals surface area contributed by atoms with E-state index in [1.807, 2.05) is 0 Å². The highest BCUT2D eigenvalue weighted by atomic mass is 15.1. The fourth-order valence-corrected chi connectivity index (χ4v) is 13.8. The van der Waals surface area contributed by atoms with Crippen LogP contribution in [0.4, 0.5) is 17.1 Å². The number of benzene rings is 8. The number of nitrogens with zero attached hydrogens (tertiary/aromatic N) is 1. The first-order valence-corrected chi connectivity index (χ1v) is 22.4. The molecule has 0 heterocycles. The summed E-state index contributed by atoms with van der Waals surface area (Å²) in [7, 11) is 0. The van der Waals surface area contributed by atoms with Crippen molar-refractivity contribution in [1.82, 2.24) is 0 Å². The molecule has 0 N–H and O–H groups in total. The lowest BCUT2D eigenvalue weighted by molar-refractivity contribution is -0.0397. The van der Waals surface area contributed by atoms with Crippen LogP contribution in [0.25, 0.3) is 55.3 Å². The van der Waals surface area contributed by atoms with Crippen LogP contribution in [0.3, 0.4) is 0 Å². The maximum absolute atomic E-state index is 2.50. The van der Waals surface area contributed by atoms with Gasteiger partial charge in [0, 0.05) is 27.9 Å². The van der Waals surface area contributed by atoms with Gasteiger partial charge in [-0.05, 0) is 170 Å². The van der Waals surface area contributed by atoms with E-state index in [0.717, 1.165) is 29.4 Å². The Balaban J connectivity index is 0.942. The SMILES string of the molecule is CC1(C)c2ccccc2-c2ccc(N(c3ccc(-c4cccc5c4C4(c6ccccc6-5)C5CC6CC(C5)CC4C6)cc3)c3ccc(-c4cccc5ccccc45)cc3)cc21. The van der Waals surface area contributed by atoms with Gasteiger partial charge in [0.25, 0.3) is 0 Å². The van der Waals surface area contributed by atoms with Crippen molar-refractivity contribution in [3.8, 4) is 44.5 Å². The van der Waals surface area contributed by atoms with Gasteiger partial charge in [-0.15, -0.1) is 0 Å². The molecule has 0 aromatic heterocycles. The second kappa shape index (κ2) is 12.7. The van der Waals surface area contributed by atoms with Gasteiger partial charge in [-0.2, -0.15) is 0 Å². The van der Waals surface area contributed by atoms with E-state index >= 15 is 0 Å². The Hall–Kier alpha value is -6.18. The molecule has 1 spiro atoms. The lowest BCUT2D eigenvalue weighted by Gasteiger charge is -2.61. The molecule has 0 saturated heterocycles. The molecule has 0 aliphatic heterocycles. The maximum Gasteiger partial charge on any atom is 0.0465 e. The van der Waals surface area contributed by atoms with Gasteiger partial charge in [-0.25, -0.2) is 0 Å². The van der Waals surface area contributed by atoms with Crippen LogP contribution >= 0.6 is 0 Å². The van der Waals surface area contributed by atoms with Crippen molar-refractivity contribution >= 4 is 27.8 Å². The summed E-state index contributed by atoms with van der Waals surface area (Å²) in [4.78, 5) is 2.47. The van der Waals surface area contributed by atoms with Crippen molar-refractivity contribution < 1.29 is 0 Å². The lowest BCUT2D eigenvalue weighted by atomic mass is 9.42. The maximum atomic E-state index is 2.50. The summed E-state index contributed by atoms with van der Waals surface area (Å²) < 4.78 is 0. The summed E-state index contributed by atoms with van der Waals surface area (Å²) in [6.07, 6.45) is 7.05. The Morgan fingerprint density at radius 2 is 0.900 bits per heavy atom. The molecule has 290 valence electrons. The Kier molecular flexibility index (Phi) is 7.32. The highest BCUT2D eigenvalue weighted by molar-refractivity contribution is 5.97. The first-order chi connectivity index (χ1) is 29.5. The number of hydrogen-bond donors (Lipinski definition) is 0. The fraction of sp³-hybridized carbons (Fsp3) is 0.220. The van der Waals surface area contributed by atoms with Crippen LogP contribution in [0, 0.1) is 23.7 Å². The predicted molar refractivity (Wildman–Crippen MR) is 250 cm³/mol. The van der Waals surface area contributed by atoms with E-state index in [1.54, 1.807) is 11.1 Å². The molecule has 8 aromatic carbocycles. The van der Waals surface area contributed by atoms with E-state index in [9.17, 15) is 0 Å². The van der Waals surface area contributed by atoms with Gasteiger partial charge >= 0.3 is 0 Å². The summed E-state index contributed by atoms with van der Waals surface area (Å²) >= 11 is 0. The Morgan fingerprint density at radius 1 is 0.400 bits per heavy atom. The number of rotatable bonds is 5. The topological polar surface area (TPSA) is 3.24 Å². The van der Waals surface area contributed by atoms with E-state index < -0.39 is 0 Å². The zero-order chi connectivity index (χ0) is 39.7. The summed E-state index contributed by atoms with van der Waals surface area (Å²) in [6, 6.07) is 67.0. The van der Waals surface area contributed by atoms with E-state index in [2.05, 4.69) is 195 Å². The molecule has 0 radical (unpaired) electrons. The lowest BCUT2D eigenvalue weighted by Crippen LogP contribution is -2.55. The smallest absolute Gasteiger partial charge is 0.0465 e. The molecule has 4 fully saturated rings. The predicted octanol–water partition coefficient (Wildman–Crippen LogP) is 15.7. The molecule has 0 atom stereocenters. The number of hydrogen-bond acceptors (Lipinski definition) is 1. The molecular formula is C59H49N. The molecule has 60 heavy (non-hydrogen) atoms. The van der Waals surface area contributed by atoms with Crippen LogP contribution in [0.1, 0.15) is 68.2 Å². The second-order valence-corrected chi connectivity index (χ2v) is 19.3. The molecule has 1 heteroatoms. The molecule has 1 nitrogen and oxygen atoms in total. The molecule has 8 aromatic rings. The summed E-state index contributed by atoms with van der Waals surface area (Å²) in [5, 5.41) is 2.55. The number of fused-ring (bicyclic) bond motifs is 7. The van der Waals surface area contributed by atoms with Gasteiger partial charge in [-0.3, -0.25) is 0 Å². The van der Waals surface area contributed by atoms with Gasteiger partial charge in [-0.1, -0.05) is 153 Å². The summed E-state index contributed by atoms with van der Waals surface area (Å²) in [5.41, 5.74) is 20.5. The highest BCUT2D eigenvalue weighted by Crippen LogP contribution is 2.70. The van der Waals surface area contributed by atoms with Crippen LogP contribution in [0.5, 0.6) is 0 Å². The first-order valence-electron chi connectivity index (χ1n) is 22.4. The van der Waals surface area contributed by atoms with Crippen molar-refractivity contribution in [2.75, 3.05) is 4.90 Å². The van der Waals surface area contributed by atoms with Crippen LogP contribution in [-0.4, -0.2) is 0 Å². The number of anilines is 3. The van der Waals surface area contributed by atoms with Crippen LogP contribution < -0.4 is 4.90 Å². The molecule has 14 rings (SSSR count). The van der Waals surface area contributed by atoms with Crippen molar-refractivity contribution in [1.29, 1.82) is 0 Å². The summed E-state index contributed by atoms with van der Waals surface area (Å²) in [5.74, 6) is 3.32. The van der Waals surface area contributed by atoms with Gasteiger partial charge in [0.05, 0.1) is 0 Å². The monoisotopic (exact) mass is 771 g/mol. The van der Waals surface area contributed by atoms with E-state index in [1.165, 1.54) is 110 Å². The Bertz CT molecular complexity index is 2990. The minimum absolute atomic E-state index is 0.0885. The van der Waals surface area contributed by atoms with Crippen LogP contribution in [0.15, 0.2) is 176 Å². The quantitative estimate of drug-likeness (QED) is 0.168. The molecule has 6 aliphatic carbocycles. The van der Waals surface area contributed by atoms with Crippen LogP contribution in [-0.2, 0) is 10.8 Å². The zero-order valence-corrected chi connectivity index (χ0v) is 34.5. The van der Waals surface area contributed by atoms with E-state index in [0.29, 0.717) is 0 Å². The van der Waals surface area contributed by atoms with Crippen LogP contribution in [0.2, 0.25) is 0 Å². The molecule has 0 unspecified atom stereocenters. The largest absolute Gasteiger partial charge is 0.310 e. The average Bonchev–Trinajstić information content (AvgIpc) is 3.71. The fourth-order valence-electron chi connectivity index (χ4n) is 13.8. The minimum atomic E-state index is -0.0885.